The van der Waals surface area contributed by atoms with Gasteiger partial charge in [0.2, 0.25) is 5.91 Å². The van der Waals surface area contributed by atoms with E-state index in [0.717, 1.165) is 0 Å². The van der Waals surface area contributed by atoms with E-state index < -0.39 is 6.43 Å². The van der Waals surface area contributed by atoms with Crippen LogP contribution in [0.4, 0.5) is 20.3 Å². The van der Waals surface area contributed by atoms with Gasteiger partial charge in [0.1, 0.15) is 24.0 Å². The topological polar surface area (TPSA) is 140 Å². The minimum atomic E-state index is -2.81. The average Bonchev–Trinajstić information content (AvgIpc) is 3.55. The van der Waals surface area contributed by atoms with Crippen LogP contribution in [0.15, 0.2) is 48.8 Å². The summed E-state index contributed by atoms with van der Waals surface area (Å²) in [4.78, 5) is 22.4. The number of benzene rings is 1. The second-order valence-electron chi connectivity index (χ2n) is 9.23. The van der Waals surface area contributed by atoms with Crippen molar-refractivity contribution in [3.63, 3.8) is 0 Å². The Balaban J connectivity index is 1.49. The van der Waals surface area contributed by atoms with E-state index in [2.05, 4.69) is 30.6 Å². The largest absolute Gasteiger partial charge is 0.494 e. The van der Waals surface area contributed by atoms with Crippen LogP contribution in [0.1, 0.15) is 29.1 Å². The van der Waals surface area contributed by atoms with Crippen molar-refractivity contribution in [3.8, 4) is 23.5 Å². The van der Waals surface area contributed by atoms with E-state index in [1.807, 2.05) is 6.07 Å². The normalized spacial score (nSPS) is 11.1. The number of likely N-dealkylation sites (N-methyl/N-ethyl adjacent to an activating group) is 1. The summed E-state index contributed by atoms with van der Waals surface area (Å²) >= 11 is 0. The van der Waals surface area contributed by atoms with E-state index in [9.17, 15) is 18.8 Å². The molecule has 0 saturated heterocycles. The van der Waals surface area contributed by atoms with E-state index in [4.69, 9.17) is 4.74 Å². The molecule has 5 aromatic rings. The number of carbonyl (C=O) groups is 1. The average molecular weight is 559 g/mol. The highest BCUT2D eigenvalue weighted by Gasteiger charge is 2.21. The molecule has 0 unspecified atom stereocenters. The van der Waals surface area contributed by atoms with Gasteiger partial charge in [-0.1, -0.05) is 0 Å². The fraction of sp³-hybridized carbons (Fsp3) is 0.222. The first-order valence-corrected chi connectivity index (χ1v) is 12.3. The summed E-state index contributed by atoms with van der Waals surface area (Å²) in [5, 5.41) is 24.7. The molecule has 208 valence electrons. The summed E-state index contributed by atoms with van der Waals surface area (Å²) < 4.78 is 36.2. The molecule has 0 saturated carbocycles. The van der Waals surface area contributed by atoms with Crippen LogP contribution in [0, 0.1) is 18.3 Å². The van der Waals surface area contributed by atoms with Crippen molar-refractivity contribution in [2.45, 2.75) is 19.8 Å². The summed E-state index contributed by atoms with van der Waals surface area (Å²) in [5.74, 6) is 1.04. The lowest BCUT2D eigenvalue weighted by Crippen LogP contribution is -2.24. The molecule has 12 nitrogen and oxygen atoms in total. The van der Waals surface area contributed by atoms with E-state index in [0.29, 0.717) is 45.5 Å². The molecule has 1 N–H and O–H groups in total. The number of anilines is 2. The number of amides is 1. The number of methoxy groups -OCH3 is 1. The zero-order valence-electron chi connectivity index (χ0n) is 22.5. The van der Waals surface area contributed by atoms with E-state index in [1.165, 1.54) is 41.2 Å². The highest BCUT2D eigenvalue weighted by atomic mass is 19.3. The molecular formula is C27H24F2N10O2. The monoisotopic (exact) mass is 558 g/mol. The second kappa shape index (κ2) is 11.0. The van der Waals surface area contributed by atoms with Gasteiger partial charge in [0.05, 0.1) is 41.5 Å². The van der Waals surface area contributed by atoms with Gasteiger partial charge in [-0.15, -0.1) is 5.10 Å². The smallest absolute Gasteiger partial charge is 0.267 e. The van der Waals surface area contributed by atoms with Crippen molar-refractivity contribution in [1.82, 2.24) is 39.4 Å². The lowest BCUT2D eigenvalue weighted by molar-refractivity contribution is -0.128. The highest BCUT2D eigenvalue weighted by molar-refractivity contribution is 5.86. The summed E-state index contributed by atoms with van der Waals surface area (Å²) in [6.45, 7) is 1.66. The quantitative estimate of drug-likeness (QED) is 0.300. The van der Waals surface area contributed by atoms with Crippen molar-refractivity contribution in [2.24, 2.45) is 0 Å². The van der Waals surface area contributed by atoms with Crippen LogP contribution in [0.25, 0.3) is 22.7 Å². The third kappa shape index (κ3) is 5.37. The third-order valence-electron chi connectivity index (χ3n) is 6.26. The molecular weight excluding hydrogens is 534 g/mol. The Kier molecular flexibility index (Phi) is 7.26. The Morgan fingerprint density at radius 2 is 1.98 bits per heavy atom. The standard InChI is InChI=1S/C27H24F2N10O2/c1-15-9-17(13-30)36-39(15)27-18(26(28)29)6-8-24(33-27)38-14-31-19-11-20(22(41-4)12-21(19)38)32-23-7-5-16(34-35-23)10-25(40)37(2)3/h5-9,11-12,14,26H,10H2,1-4H3,(H,32,35). The number of halogens is 2. The van der Waals surface area contributed by atoms with Crippen LogP contribution in [-0.4, -0.2) is 66.5 Å². The summed E-state index contributed by atoms with van der Waals surface area (Å²) in [6, 6.07) is 13.1. The number of aryl methyl sites for hydroxylation is 1. The lowest BCUT2D eigenvalue weighted by atomic mass is 10.2. The number of alkyl halides is 2. The van der Waals surface area contributed by atoms with Crippen molar-refractivity contribution in [3.05, 3.63) is 71.4 Å². The van der Waals surface area contributed by atoms with Crippen molar-refractivity contribution >= 4 is 28.4 Å². The lowest BCUT2D eigenvalue weighted by Gasteiger charge is -2.14. The van der Waals surface area contributed by atoms with Crippen LogP contribution in [-0.2, 0) is 11.2 Å². The number of rotatable bonds is 8. The second-order valence-corrected chi connectivity index (χ2v) is 9.23. The first-order valence-electron chi connectivity index (χ1n) is 12.3. The number of nitrogens with zero attached hydrogens (tertiary/aromatic N) is 9. The minimum Gasteiger partial charge on any atom is -0.494 e. The highest BCUT2D eigenvalue weighted by Crippen LogP contribution is 2.33. The number of imidazole rings is 1. The fourth-order valence-electron chi connectivity index (χ4n) is 4.12. The molecule has 0 bridgehead atoms. The number of hydrogen-bond donors (Lipinski definition) is 1. The van der Waals surface area contributed by atoms with Gasteiger partial charge in [0.25, 0.3) is 6.43 Å². The number of carbonyl (C=O) groups excluding carboxylic acids is 1. The van der Waals surface area contributed by atoms with Gasteiger partial charge >= 0.3 is 0 Å². The maximum atomic E-state index is 13.9. The van der Waals surface area contributed by atoms with Crippen molar-refractivity contribution < 1.29 is 18.3 Å². The summed E-state index contributed by atoms with van der Waals surface area (Å²) in [6.07, 6.45) is -1.14. The molecule has 4 heterocycles. The van der Waals surface area contributed by atoms with Crippen LogP contribution in [0.5, 0.6) is 5.75 Å². The first kappa shape index (κ1) is 27.1. The van der Waals surface area contributed by atoms with Gasteiger partial charge in [0, 0.05) is 25.9 Å². The van der Waals surface area contributed by atoms with Crippen LogP contribution >= 0.6 is 0 Å². The Bertz CT molecular complexity index is 1790. The van der Waals surface area contributed by atoms with Crippen LogP contribution in [0.3, 0.4) is 0 Å². The minimum absolute atomic E-state index is 0.0835. The van der Waals surface area contributed by atoms with Gasteiger partial charge in [-0.25, -0.2) is 23.4 Å². The van der Waals surface area contributed by atoms with E-state index >= 15 is 0 Å². The molecule has 1 aromatic carbocycles. The Labute approximate surface area is 232 Å². The molecule has 5 rings (SSSR count). The van der Waals surface area contributed by atoms with Gasteiger partial charge in [-0.2, -0.15) is 15.5 Å². The van der Waals surface area contributed by atoms with E-state index in [1.54, 1.807) is 49.9 Å². The number of aromatic nitrogens is 7. The number of ether oxygens (including phenoxy) is 1. The maximum Gasteiger partial charge on any atom is 0.267 e. The molecule has 0 aliphatic carbocycles. The van der Waals surface area contributed by atoms with E-state index in [-0.39, 0.29) is 29.4 Å². The van der Waals surface area contributed by atoms with Crippen LogP contribution in [0.2, 0.25) is 0 Å². The van der Waals surface area contributed by atoms with Gasteiger partial charge in [0.15, 0.2) is 17.3 Å². The Hall–Kier alpha value is -5.45. The number of nitriles is 1. The van der Waals surface area contributed by atoms with Crippen molar-refractivity contribution in [2.75, 3.05) is 26.5 Å². The fourth-order valence-corrected chi connectivity index (χ4v) is 4.12. The van der Waals surface area contributed by atoms with Crippen LogP contribution < -0.4 is 10.1 Å². The maximum absolute atomic E-state index is 13.9. The third-order valence-corrected chi connectivity index (χ3v) is 6.26. The predicted molar refractivity (Wildman–Crippen MR) is 145 cm³/mol. The molecule has 0 atom stereocenters. The summed E-state index contributed by atoms with van der Waals surface area (Å²) in [5.41, 5.74) is 2.53. The molecule has 0 aliphatic rings. The molecule has 41 heavy (non-hydrogen) atoms. The number of nitrogens with one attached hydrogen (secondary N) is 1. The Morgan fingerprint density at radius 3 is 2.61 bits per heavy atom. The van der Waals surface area contributed by atoms with Gasteiger partial charge < -0.3 is 15.0 Å². The molecule has 0 radical (unpaired) electrons. The molecule has 0 fully saturated rings. The molecule has 4 aromatic heterocycles. The first-order chi connectivity index (χ1) is 19.7. The van der Waals surface area contributed by atoms with Crippen molar-refractivity contribution in [1.29, 1.82) is 5.26 Å². The number of pyridine rings is 1. The molecule has 1 amide bonds. The zero-order chi connectivity index (χ0) is 29.3. The molecule has 0 spiro atoms. The molecule has 0 aliphatic heterocycles. The SMILES string of the molecule is COc1cc2c(cc1Nc1ccc(CC(=O)N(C)C)nn1)ncn2-c1ccc(C(F)F)c(-n2nc(C#N)cc2C)n1. The predicted octanol–water partition coefficient (Wildman–Crippen LogP) is 3.90. The zero-order valence-corrected chi connectivity index (χ0v) is 22.5. The number of fused-ring (bicyclic) bond motifs is 1. The summed E-state index contributed by atoms with van der Waals surface area (Å²) in [7, 11) is 4.86. The van der Waals surface area contributed by atoms with Gasteiger partial charge in [-0.3, -0.25) is 9.36 Å². The Morgan fingerprint density at radius 1 is 1.17 bits per heavy atom. The molecule has 14 heteroatoms. The van der Waals surface area contributed by atoms with Gasteiger partial charge in [-0.05, 0) is 43.3 Å². The number of hydrogen-bond acceptors (Lipinski definition) is 9.